The summed E-state index contributed by atoms with van der Waals surface area (Å²) in [4.78, 5) is 12.0. The van der Waals surface area contributed by atoms with Gasteiger partial charge in [-0.2, -0.15) is 0 Å². The normalized spacial score (nSPS) is 11.8. The van der Waals surface area contributed by atoms with Crippen molar-refractivity contribution in [1.29, 1.82) is 0 Å². The molecule has 1 amide bonds. The molecule has 0 saturated heterocycles. The number of carbonyl (C=O) groups excluding carboxylic acids is 1. The molecule has 0 aliphatic heterocycles. The summed E-state index contributed by atoms with van der Waals surface area (Å²) >= 11 is 0. The quantitative estimate of drug-likeness (QED) is 0.869. The largest absolute Gasteiger partial charge is 0.345 e. The summed E-state index contributed by atoms with van der Waals surface area (Å²) in [5.41, 5.74) is 1.75. The van der Waals surface area contributed by atoms with Gasteiger partial charge in [-0.05, 0) is 24.1 Å². The van der Waals surface area contributed by atoms with Gasteiger partial charge in [-0.15, -0.1) is 0 Å². The molecule has 0 heterocycles. The van der Waals surface area contributed by atoms with Gasteiger partial charge in [0.05, 0.1) is 6.04 Å². The van der Waals surface area contributed by atoms with E-state index in [1.54, 1.807) is 12.1 Å². The van der Waals surface area contributed by atoms with E-state index in [9.17, 15) is 4.79 Å². The van der Waals surface area contributed by atoms with Crippen molar-refractivity contribution in [2.24, 2.45) is 0 Å². The maximum atomic E-state index is 12.0. The fourth-order valence-electron chi connectivity index (χ4n) is 1.84. The Kier molecular flexibility index (Phi) is 4.13. The molecular formula is C16H16NO. The average molecular weight is 238 g/mol. The predicted molar refractivity (Wildman–Crippen MR) is 73.1 cm³/mol. The third-order valence-electron chi connectivity index (χ3n) is 2.83. The zero-order valence-corrected chi connectivity index (χ0v) is 10.2. The Morgan fingerprint density at radius 1 is 1.00 bits per heavy atom. The Labute approximate surface area is 108 Å². The molecule has 2 nitrogen and oxygen atoms in total. The van der Waals surface area contributed by atoms with E-state index in [1.165, 1.54) is 0 Å². The molecule has 0 aliphatic rings. The summed E-state index contributed by atoms with van der Waals surface area (Å²) in [5.74, 6) is -0.0619. The molecule has 0 aliphatic carbocycles. The van der Waals surface area contributed by atoms with E-state index < -0.39 is 0 Å². The van der Waals surface area contributed by atoms with Crippen molar-refractivity contribution in [3.05, 3.63) is 78.7 Å². The smallest absolute Gasteiger partial charge is 0.251 e. The number of hydrogen-bond donors (Lipinski definition) is 1. The van der Waals surface area contributed by atoms with Crippen LogP contribution in [0, 0.1) is 6.92 Å². The molecule has 2 aromatic rings. The van der Waals surface area contributed by atoms with E-state index >= 15 is 0 Å². The van der Waals surface area contributed by atoms with Gasteiger partial charge in [0.1, 0.15) is 0 Å². The summed E-state index contributed by atoms with van der Waals surface area (Å²) in [6.45, 7) is 3.89. The third-order valence-corrected chi connectivity index (χ3v) is 2.83. The van der Waals surface area contributed by atoms with E-state index in [0.29, 0.717) is 12.0 Å². The first-order chi connectivity index (χ1) is 8.81. The Hall–Kier alpha value is -2.09. The van der Waals surface area contributed by atoms with Crippen LogP contribution in [0.3, 0.4) is 0 Å². The molecule has 18 heavy (non-hydrogen) atoms. The lowest BCUT2D eigenvalue weighted by molar-refractivity contribution is 0.0937. The first-order valence-electron chi connectivity index (χ1n) is 6.01. The van der Waals surface area contributed by atoms with Crippen LogP contribution in [-0.2, 0) is 0 Å². The van der Waals surface area contributed by atoms with Gasteiger partial charge in [-0.1, -0.05) is 55.5 Å². The van der Waals surface area contributed by atoms with Gasteiger partial charge in [-0.25, -0.2) is 0 Å². The number of amides is 1. The van der Waals surface area contributed by atoms with Gasteiger partial charge in [0.2, 0.25) is 0 Å². The monoisotopic (exact) mass is 238 g/mol. The molecule has 2 aromatic carbocycles. The van der Waals surface area contributed by atoms with Crippen molar-refractivity contribution < 1.29 is 4.79 Å². The molecule has 2 rings (SSSR count). The van der Waals surface area contributed by atoms with Crippen LogP contribution in [0.1, 0.15) is 28.4 Å². The summed E-state index contributed by atoms with van der Waals surface area (Å²) in [7, 11) is 0. The van der Waals surface area contributed by atoms with E-state index in [-0.39, 0.29) is 11.9 Å². The zero-order chi connectivity index (χ0) is 12.8. The Balaban J connectivity index is 2.10. The Morgan fingerprint density at radius 2 is 1.56 bits per heavy atom. The minimum Gasteiger partial charge on any atom is -0.345 e. The summed E-state index contributed by atoms with van der Waals surface area (Å²) in [6.07, 6.45) is 0.628. The summed E-state index contributed by atoms with van der Waals surface area (Å²) in [5, 5.41) is 3.00. The highest BCUT2D eigenvalue weighted by molar-refractivity contribution is 5.94. The van der Waals surface area contributed by atoms with Crippen molar-refractivity contribution in [3.63, 3.8) is 0 Å². The molecule has 0 aromatic heterocycles. The van der Waals surface area contributed by atoms with Crippen molar-refractivity contribution in [1.82, 2.24) is 5.32 Å². The second kappa shape index (κ2) is 6.01. The lowest BCUT2D eigenvalue weighted by atomic mass is 10.0. The van der Waals surface area contributed by atoms with Crippen molar-refractivity contribution >= 4 is 5.91 Å². The van der Waals surface area contributed by atoms with Gasteiger partial charge >= 0.3 is 0 Å². The Morgan fingerprint density at radius 3 is 2.11 bits per heavy atom. The SMILES string of the molecule is [CH2]CC(NC(=O)c1ccccc1)c1ccccc1. The van der Waals surface area contributed by atoms with Crippen LogP contribution < -0.4 is 5.32 Å². The van der Waals surface area contributed by atoms with Crippen LogP contribution in [0.5, 0.6) is 0 Å². The zero-order valence-electron chi connectivity index (χ0n) is 10.2. The number of benzene rings is 2. The lowest BCUT2D eigenvalue weighted by Gasteiger charge is -2.17. The third kappa shape index (κ3) is 2.98. The Bertz CT molecular complexity index is 493. The van der Waals surface area contributed by atoms with Crippen molar-refractivity contribution in [3.8, 4) is 0 Å². The molecule has 0 spiro atoms. The minimum absolute atomic E-state index is 0.0427. The average Bonchev–Trinajstić information content (AvgIpc) is 2.46. The second-order valence-corrected chi connectivity index (χ2v) is 4.09. The standard InChI is InChI=1S/C16H16NO/c1-2-15(13-9-5-3-6-10-13)17-16(18)14-11-7-4-8-12-14/h3-12,15H,1-2H2,(H,17,18). The topological polar surface area (TPSA) is 29.1 Å². The molecular weight excluding hydrogens is 222 g/mol. The van der Waals surface area contributed by atoms with Crippen LogP contribution >= 0.6 is 0 Å². The maximum Gasteiger partial charge on any atom is 0.251 e. The molecule has 2 heteroatoms. The van der Waals surface area contributed by atoms with E-state index in [4.69, 9.17) is 0 Å². The molecule has 91 valence electrons. The molecule has 1 atom stereocenters. The fraction of sp³-hybridized carbons (Fsp3) is 0.125. The van der Waals surface area contributed by atoms with Crippen LogP contribution in [0.4, 0.5) is 0 Å². The highest BCUT2D eigenvalue weighted by Crippen LogP contribution is 2.16. The molecule has 0 bridgehead atoms. The number of hydrogen-bond acceptors (Lipinski definition) is 1. The number of carbonyl (C=O) groups is 1. The number of rotatable bonds is 4. The van der Waals surface area contributed by atoms with E-state index in [2.05, 4.69) is 12.2 Å². The second-order valence-electron chi connectivity index (χ2n) is 4.09. The summed E-state index contributed by atoms with van der Waals surface area (Å²) < 4.78 is 0. The van der Waals surface area contributed by atoms with Crippen LogP contribution in [0.2, 0.25) is 0 Å². The van der Waals surface area contributed by atoms with Crippen molar-refractivity contribution in [2.75, 3.05) is 0 Å². The number of nitrogens with one attached hydrogen (secondary N) is 1. The van der Waals surface area contributed by atoms with Gasteiger partial charge in [0, 0.05) is 5.56 Å². The molecule has 1 N–H and O–H groups in total. The van der Waals surface area contributed by atoms with Crippen molar-refractivity contribution in [2.45, 2.75) is 12.5 Å². The maximum absolute atomic E-state index is 12.0. The van der Waals surface area contributed by atoms with Gasteiger partial charge in [0.25, 0.3) is 5.91 Å². The van der Waals surface area contributed by atoms with Gasteiger partial charge < -0.3 is 5.32 Å². The molecule has 0 fully saturated rings. The first-order valence-corrected chi connectivity index (χ1v) is 6.01. The predicted octanol–water partition coefficient (Wildman–Crippen LogP) is 3.38. The highest BCUT2D eigenvalue weighted by Gasteiger charge is 2.13. The van der Waals surface area contributed by atoms with Crippen LogP contribution in [0.15, 0.2) is 60.7 Å². The van der Waals surface area contributed by atoms with E-state index in [1.807, 2.05) is 48.5 Å². The van der Waals surface area contributed by atoms with E-state index in [0.717, 1.165) is 5.56 Å². The van der Waals surface area contributed by atoms with Crippen LogP contribution in [-0.4, -0.2) is 5.91 Å². The highest BCUT2D eigenvalue weighted by atomic mass is 16.1. The van der Waals surface area contributed by atoms with Crippen LogP contribution in [0.25, 0.3) is 0 Å². The molecule has 0 saturated carbocycles. The van der Waals surface area contributed by atoms with Gasteiger partial charge in [0.15, 0.2) is 0 Å². The minimum atomic E-state index is -0.0619. The fourth-order valence-corrected chi connectivity index (χ4v) is 1.84. The van der Waals surface area contributed by atoms with Gasteiger partial charge in [-0.3, -0.25) is 4.79 Å². The first kappa shape index (κ1) is 12.4. The molecule has 1 unspecified atom stereocenters. The molecule has 1 radical (unpaired) electrons. The summed E-state index contributed by atoms with van der Waals surface area (Å²) in [6, 6.07) is 19.1. The lowest BCUT2D eigenvalue weighted by Crippen LogP contribution is -2.28.